The van der Waals surface area contributed by atoms with Gasteiger partial charge in [-0.15, -0.1) is 0 Å². The molecule has 0 aliphatic carbocycles. The van der Waals surface area contributed by atoms with Gasteiger partial charge in [0, 0.05) is 24.7 Å². The van der Waals surface area contributed by atoms with Crippen LogP contribution in [0.3, 0.4) is 0 Å². The van der Waals surface area contributed by atoms with Crippen LogP contribution in [0.15, 0.2) is 0 Å². The van der Waals surface area contributed by atoms with Crippen molar-refractivity contribution >= 4 is 15.8 Å². The number of rotatable bonds is 4. The number of carbonyl (C=O) groups is 1. The molecule has 0 aromatic carbocycles. The summed E-state index contributed by atoms with van der Waals surface area (Å²) in [4.78, 5) is 15.1. The van der Waals surface area contributed by atoms with Crippen LogP contribution in [-0.2, 0) is 14.6 Å². The van der Waals surface area contributed by atoms with Crippen LogP contribution in [0, 0.1) is 0 Å². The van der Waals surface area contributed by atoms with E-state index < -0.39 is 15.8 Å². The van der Waals surface area contributed by atoms with E-state index in [4.69, 9.17) is 5.11 Å². The van der Waals surface area contributed by atoms with E-state index in [1.807, 2.05) is 11.9 Å². The summed E-state index contributed by atoms with van der Waals surface area (Å²) in [6.07, 6.45) is 1.46. The van der Waals surface area contributed by atoms with Crippen molar-refractivity contribution in [2.75, 3.05) is 31.6 Å². The van der Waals surface area contributed by atoms with Gasteiger partial charge in [0.05, 0.1) is 18.1 Å². The number of hydrogen-bond acceptors (Lipinski definition) is 5. The Morgan fingerprint density at radius 1 is 1.42 bits per heavy atom. The Balaban J connectivity index is 2.11. The summed E-state index contributed by atoms with van der Waals surface area (Å²) in [7, 11) is -0.958. The molecule has 3 unspecified atom stereocenters. The highest BCUT2D eigenvalue weighted by Gasteiger charge is 2.39. The highest BCUT2D eigenvalue weighted by Crippen LogP contribution is 2.26. The van der Waals surface area contributed by atoms with E-state index in [-0.39, 0.29) is 30.1 Å². The Morgan fingerprint density at radius 2 is 2.11 bits per heavy atom. The lowest BCUT2D eigenvalue weighted by Gasteiger charge is -2.32. The Labute approximate surface area is 114 Å². The smallest absolute Gasteiger partial charge is 0.317 e. The molecule has 2 saturated heterocycles. The minimum Gasteiger partial charge on any atom is -0.480 e. The van der Waals surface area contributed by atoms with Crippen LogP contribution in [0.2, 0.25) is 0 Å². The molecule has 7 heteroatoms. The van der Waals surface area contributed by atoms with Crippen LogP contribution in [0.25, 0.3) is 0 Å². The zero-order valence-corrected chi connectivity index (χ0v) is 12.3. The molecule has 19 heavy (non-hydrogen) atoms. The molecule has 2 rings (SSSR count). The topological polar surface area (TPSA) is 77.9 Å². The summed E-state index contributed by atoms with van der Waals surface area (Å²) in [5, 5.41) is 9.06. The first-order valence-corrected chi connectivity index (χ1v) is 8.49. The third kappa shape index (κ3) is 3.46. The Bertz CT molecular complexity index is 441. The molecule has 0 spiro atoms. The second-order valence-electron chi connectivity index (χ2n) is 5.80. The molecule has 0 amide bonds. The molecule has 2 heterocycles. The van der Waals surface area contributed by atoms with Crippen molar-refractivity contribution in [3.63, 3.8) is 0 Å². The fraction of sp³-hybridized carbons (Fsp3) is 0.917. The van der Waals surface area contributed by atoms with Crippen molar-refractivity contribution in [3.05, 3.63) is 0 Å². The largest absolute Gasteiger partial charge is 0.480 e. The van der Waals surface area contributed by atoms with Gasteiger partial charge < -0.3 is 10.0 Å². The molecule has 2 aliphatic rings. The van der Waals surface area contributed by atoms with E-state index in [2.05, 4.69) is 11.8 Å². The molecule has 0 saturated carbocycles. The second kappa shape index (κ2) is 5.38. The summed E-state index contributed by atoms with van der Waals surface area (Å²) >= 11 is 0. The number of likely N-dealkylation sites (tertiary alicyclic amines) is 1. The molecule has 6 nitrogen and oxygen atoms in total. The number of carboxylic acids is 1. The maximum absolute atomic E-state index is 11.6. The lowest BCUT2D eigenvalue weighted by Crippen LogP contribution is -2.47. The summed E-state index contributed by atoms with van der Waals surface area (Å²) in [6.45, 7) is 2.86. The molecule has 0 aromatic rings. The first-order chi connectivity index (χ1) is 8.78. The lowest BCUT2D eigenvalue weighted by atomic mass is 10.1. The van der Waals surface area contributed by atoms with Crippen LogP contribution in [0.4, 0.5) is 0 Å². The fourth-order valence-electron chi connectivity index (χ4n) is 3.15. The van der Waals surface area contributed by atoms with Gasteiger partial charge in [0.2, 0.25) is 0 Å². The van der Waals surface area contributed by atoms with Crippen LogP contribution < -0.4 is 0 Å². The normalized spacial score (nSPS) is 35.0. The van der Waals surface area contributed by atoms with Crippen LogP contribution in [0.1, 0.15) is 19.8 Å². The maximum Gasteiger partial charge on any atom is 0.317 e. The first kappa shape index (κ1) is 14.7. The monoisotopic (exact) mass is 290 g/mol. The Hall–Kier alpha value is -0.660. The third-order valence-electron chi connectivity index (χ3n) is 4.33. The zero-order valence-electron chi connectivity index (χ0n) is 11.4. The van der Waals surface area contributed by atoms with Crippen LogP contribution in [-0.4, -0.2) is 79.1 Å². The van der Waals surface area contributed by atoms with E-state index in [1.165, 1.54) is 0 Å². The van der Waals surface area contributed by atoms with Gasteiger partial charge >= 0.3 is 5.97 Å². The SMILES string of the molecule is CC1CC(N(CC(=O)O)C2CCS(=O)(=O)C2)CN1C. The quantitative estimate of drug-likeness (QED) is 0.763. The summed E-state index contributed by atoms with van der Waals surface area (Å²) in [6, 6.07) is 0.429. The lowest BCUT2D eigenvalue weighted by molar-refractivity contribution is -0.139. The number of aliphatic carboxylic acids is 1. The van der Waals surface area contributed by atoms with Gasteiger partial charge in [-0.1, -0.05) is 0 Å². The highest BCUT2D eigenvalue weighted by molar-refractivity contribution is 7.91. The minimum absolute atomic E-state index is 0.0641. The summed E-state index contributed by atoms with van der Waals surface area (Å²) in [5.41, 5.74) is 0. The number of likely N-dealkylation sites (N-methyl/N-ethyl adjacent to an activating group) is 1. The highest BCUT2D eigenvalue weighted by atomic mass is 32.2. The Kier molecular flexibility index (Phi) is 4.17. The molecule has 1 N–H and O–H groups in total. The molecule has 0 bridgehead atoms. The first-order valence-electron chi connectivity index (χ1n) is 6.66. The van der Waals surface area contributed by atoms with Crippen molar-refractivity contribution in [3.8, 4) is 0 Å². The third-order valence-corrected chi connectivity index (χ3v) is 6.08. The van der Waals surface area contributed by atoms with E-state index in [0.717, 1.165) is 13.0 Å². The molecule has 2 aliphatic heterocycles. The summed E-state index contributed by atoms with van der Waals surface area (Å²) in [5.74, 6) is -0.590. The Morgan fingerprint density at radius 3 is 2.53 bits per heavy atom. The maximum atomic E-state index is 11.6. The number of sulfone groups is 1. The molecule has 110 valence electrons. The summed E-state index contributed by atoms with van der Waals surface area (Å²) < 4.78 is 23.2. The minimum atomic E-state index is -2.98. The number of hydrogen-bond donors (Lipinski definition) is 1. The predicted molar refractivity (Wildman–Crippen MR) is 71.9 cm³/mol. The number of nitrogens with zero attached hydrogens (tertiary/aromatic N) is 2. The molecule has 2 fully saturated rings. The molecular weight excluding hydrogens is 268 g/mol. The van der Waals surface area contributed by atoms with Crippen molar-refractivity contribution < 1.29 is 18.3 Å². The van der Waals surface area contributed by atoms with E-state index in [0.29, 0.717) is 12.5 Å². The zero-order chi connectivity index (χ0) is 14.2. The van der Waals surface area contributed by atoms with Gasteiger partial charge in [-0.2, -0.15) is 0 Å². The number of carboxylic acid groups (broad SMARTS) is 1. The van der Waals surface area contributed by atoms with Crippen molar-refractivity contribution in [1.82, 2.24) is 9.80 Å². The van der Waals surface area contributed by atoms with E-state index >= 15 is 0 Å². The van der Waals surface area contributed by atoms with Crippen LogP contribution in [0.5, 0.6) is 0 Å². The molecule has 3 atom stereocenters. The van der Waals surface area contributed by atoms with Gasteiger partial charge in [-0.3, -0.25) is 9.69 Å². The standard InChI is InChI=1S/C12H22N2O4S/c1-9-5-11(6-13(9)2)14(7-12(15)16)10-3-4-19(17,18)8-10/h9-11H,3-8H2,1-2H3,(H,15,16). The van der Waals surface area contributed by atoms with Crippen molar-refractivity contribution in [2.45, 2.75) is 37.9 Å². The van der Waals surface area contributed by atoms with Gasteiger partial charge in [-0.05, 0) is 26.8 Å². The van der Waals surface area contributed by atoms with Crippen LogP contribution >= 0.6 is 0 Å². The predicted octanol–water partition coefficient (Wildman–Crippen LogP) is -0.347. The van der Waals surface area contributed by atoms with Gasteiger partial charge in [-0.25, -0.2) is 8.42 Å². The average Bonchev–Trinajstić information content (AvgIpc) is 2.79. The van der Waals surface area contributed by atoms with Crippen molar-refractivity contribution in [2.24, 2.45) is 0 Å². The van der Waals surface area contributed by atoms with Gasteiger partial charge in [0.25, 0.3) is 0 Å². The second-order valence-corrected chi connectivity index (χ2v) is 8.03. The van der Waals surface area contributed by atoms with E-state index in [9.17, 15) is 13.2 Å². The average molecular weight is 290 g/mol. The van der Waals surface area contributed by atoms with Crippen molar-refractivity contribution in [1.29, 1.82) is 0 Å². The van der Waals surface area contributed by atoms with Gasteiger partial charge in [0.15, 0.2) is 9.84 Å². The molecular formula is C12H22N2O4S. The van der Waals surface area contributed by atoms with Gasteiger partial charge in [0.1, 0.15) is 0 Å². The van der Waals surface area contributed by atoms with E-state index in [1.54, 1.807) is 0 Å². The molecule has 0 radical (unpaired) electrons. The fourth-order valence-corrected chi connectivity index (χ4v) is 4.89. The molecule has 0 aromatic heterocycles.